The molecule has 0 atom stereocenters. The number of hydrogen-bond acceptors (Lipinski definition) is 3. The second kappa shape index (κ2) is 5.14. The fourth-order valence-corrected chi connectivity index (χ4v) is 1.62. The number of nitrogens with one attached hydrogen (secondary N) is 1. The highest BCUT2D eigenvalue weighted by atomic mass is 79.9. The van der Waals surface area contributed by atoms with Gasteiger partial charge < -0.3 is 11.1 Å². The minimum absolute atomic E-state index is 0.150. The number of aromatic nitrogens is 1. The Balaban J connectivity index is 2.19. The third kappa shape index (κ3) is 3.04. The van der Waals surface area contributed by atoms with Crippen molar-refractivity contribution < 1.29 is 9.18 Å². The molecular formula is C12H9BrFN3O. The number of amides is 1. The first kappa shape index (κ1) is 12.5. The summed E-state index contributed by atoms with van der Waals surface area (Å²) in [5, 5.41) is 2.55. The molecule has 0 aliphatic heterocycles. The van der Waals surface area contributed by atoms with E-state index in [1.54, 1.807) is 18.3 Å². The van der Waals surface area contributed by atoms with Crippen LogP contribution in [0.15, 0.2) is 41.0 Å². The first-order chi connectivity index (χ1) is 8.54. The predicted octanol–water partition coefficient (Wildman–Crippen LogP) is 2.82. The van der Waals surface area contributed by atoms with Crippen molar-refractivity contribution in [3.05, 3.63) is 52.4 Å². The van der Waals surface area contributed by atoms with Crippen LogP contribution in [0.1, 0.15) is 10.4 Å². The molecule has 0 saturated heterocycles. The Morgan fingerprint density at radius 1 is 1.33 bits per heavy atom. The van der Waals surface area contributed by atoms with Gasteiger partial charge in [-0.3, -0.25) is 4.79 Å². The second-order valence-electron chi connectivity index (χ2n) is 3.59. The number of hydrogen-bond donors (Lipinski definition) is 2. The van der Waals surface area contributed by atoms with Crippen molar-refractivity contribution in [1.82, 2.24) is 4.98 Å². The largest absolute Gasteiger partial charge is 0.399 e. The van der Waals surface area contributed by atoms with Gasteiger partial charge in [0.1, 0.15) is 11.6 Å². The maximum absolute atomic E-state index is 13.1. The minimum atomic E-state index is -0.552. The van der Waals surface area contributed by atoms with Crippen molar-refractivity contribution in [3.63, 3.8) is 0 Å². The van der Waals surface area contributed by atoms with Crippen LogP contribution in [0, 0.1) is 5.82 Å². The molecule has 0 unspecified atom stereocenters. The number of carbonyl (C=O) groups excluding carboxylic acids is 1. The molecule has 2 rings (SSSR count). The number of nitrogens with zero attached hydrogens (tertiary/aromatic N) is 1. The van der Waals surface area contributed by atoms with Crippen LogP contribution in [0.2, 0.25) is 0 Å². The molecule has 0 fully saturated rings. The second-order valence-corrected chi connectivity index (χ2v) is 4.50. The van der Waals surface area contributed by atoms with E-state index in [1.165, 1.54) is 6.07 Å². The molecule has 92 valence electrons. The number of pyridine rings is 1. The quantitative estimate of drug-likeness (QED) is 0.838. The molecule has 0 aliphatic carbocycles. The Bertz CT molecular complexity index is 566. The zero-order chi connectivity index (χ0) is 13.1. The summed E-state index contributed by atoms with van der Waals surface area (Å²) >= 11 is 3.23. The molecule has 3 N–H and O–H groups in total. The van der Waals surface area contributed by atoms with Gasteiger partial charge in [-0.05, 0) is 46.3 Å². The summed E-state index contributed by atoms with van der Waals surface area (Å²) in [5.74, 6) is -0.633. The van der Waals surface area contributed by atoms with Gasteiger partial charge in [0.25, 0.3) is 5.91 Å². The van der Waals surface area contributed by atoms with E-state index < -0.39 is 11.7 Å². The summed E-state index contributed by atoms with van der Waals surface area (Å²) in [4.78, 5) is 15.8. The van der Waals surface area contributed by atoms with Crippen molar-refractivity contribution in [1.29, 1.82) is 0 Å². The first-order valence-electron chi connectivity index (χ1n) is 5.03. The molecule has 0 radical (unpaired) electrons. The molecule has 18 heavy (non-hydrogen) atoms. The van der Waals surface area contributed by atoms with Crippen LogP contribution in [0.3, 0.4) is 0 Å². The molecule has 1 amide bonds. The fraction of sp³-hybridized carbons (Fsp3) is 0. The Kier molecular flexibility index (Phi) is 3.57. The van der Waals surface area contributed by atoms with Crippen molar-refractivity contribution in [3.8, 4) is 0 Å². The van der Waals surface area contributed by atoms with Gasteiger partial charge in [0.15, 0.2) is 0 Å². The van der Waals surface area contributed by atoms with E-state index in [4.69, 9.17) is 5.73 Å². The number of carbonyl (C=O) groups is 1. The maximum atomic E-state index is 13.1. The van der Waals surface area contributed by atoms with Crippen LogP contribution in [0.25, 0.3) is 0 Å². The smallest absolute Gasteiger partial charge is 0.256 e. The van der Waals surface area contributed by atoms with Gasteiger partial charge in [0.05, 0.1) is 0 Å². The molecule has 6 heteroatoms. The molecule has 1 aromatic carbocycles. The standard InChI is InChI=1S/C12H9BrFN3O/c13-8-1-2-11(16-6-8)17-12(18)7-3-9(14)5-10(15)4-7/h1-6H,15H2,(H,16,17,18). The van der Waals surface area contributed by atoms with E-state index in [0.29, 0.717) is 5.82 Å². The van der Waals surface area contributed by atoms with E-state index in [9.17, 15) is 9.18 Å². The first-order valence-corrected chi connectivity index (χ1v) is 5.83. The zero-order valence-corrected chi connectivity index (χ0v) is 10.7. The highest BCUT2D eigenvalue weighted by Gasteiger charge is 2.09. The van der Waals surface area contributed by atoms with Crippen LogP contribution < -0.4 is 11.1 Å². The average molecular weight is 310 g/mol. The maximum Gasteiger partial charge on any atom is 0.256 e. The molecule has 4 nitrogen and oxygen atoms in total. The highest BCUT2D eigenvalue weighted by molar-refractivity contribution is 9.10. The van der Waals surface area contributed by atoms with Gasteiger partial charge in [-0.15, -0.1) is 0 Å². The van der Waals surface area contributed by atoms with Crippen LogP contribution >= 0.6 is 15.9 Å². The molecule has 0 bridgehead atoms. The molecule has 2 aromatic rings. The third-order valence-electron chi connectivity index (χ3n) is 2.15. The van der Waals surface area contributed by atoms with Gasteiger partial charge in [-0.1, -0.05) is 0 Å². The van der Waals surface area contributed by atoms with E-state index >= 15 is 0 Å². The van der Waals surface area contributed by atoms with E-state index in [1.807, 2.05) is 0 Å². The number of nitrogens with two attached hydrogens (primary N) is 1. The summed E-state index contributed by atoms with van der Waals surface area (Å²) in [6.45, 7) is 0. The number of nitrogen functional groups attached to an aromatic ring is 1. The monoisotopic (exact) mass is 309 g/mol. The topological polar surface area (TPSA) is 68.0 Å². The Hall–Kier alpha value is -1.95. The lowest BCUT2D eigenvalue weighted by molar-refractivity contribution is 0.102. The SMILES string of the molecule is Nc1cc(F)cc(C(=O)Nc2ccc(Br)cn2)c1. The van der Waals surface area contributed by atoms with Crippen molar-refractivity contribution in [2.24, 2.45) is 0 Å². The van der Waals surface area contributed by atoms with Crippen LogP contribution in [0.5, 0.6) is 0 Å². The normalized spacial score (nSPS) is 10.1. The average Bonchev–Trinajstić information content (AvgIpc) is 2.31. The van der Waals surface area contributed by atoms with Gasteiger partial charge in [-0.25, -0.2) is 9.37 Å². The summed E-state index contributed by atoms with van der Waals surface area (Å²) in [7, 11) is 0. The number of benzene rings is 1. The minimum Gasteiger partial charge on any atom is -0.399 e. The highest BCUT2D eigenvalue weighted by Crippen LogP contribution is 2.14. The van der Waals surface area contributed by atoms with E-state index in [-0.39, 0.29) is 11.3 Å². The number of halogens is 2. The molecule has 0 aliphatic rings. The molecule has 1 heterocycles. The number of rotatable bonds is 2. The summed E-state index contributed by atoms with van der Waals surface area (Å²) in [5.41, 5.74) is 5.82. The fourth-order valence-electron chi connectivity index (χ4n) is 1.38. The van der Waals surface area contributed by atoms with Crippen LogP contribution in [0.4, 0.5) is 15.9 Å². The van der Waals surface area contributed by atoms with E-state index in [0.717, 1.165) is 16.6 Å². The van der Waals surface area contributed by atoms with Crippen molar-refractivity contribution >= 4 is 33.3 Å². The van der Waals surface area contributed by atoms with Gasteiger partial charge in [0.2, 0.25) is 0 Å². The molecular weight excluding hydrogens is 301 g/mol. The predicted molar refractivity (Wildman–Crippen MR) is 70.7 cm³/mol. The van der Waals surface area contributed by atoms with Gasteiger partial charge in [-0.2, -0.15) is 0 Å². The zero-order valence-electron chi connectivity index (χ0n) is 9.15. The summed E-state index contributed by atoms with van der Waals surface area (Å²) in [6.07, 6.45) is 1.55. The van der Waals surface area contributed by atoms with Gasteiger partial charge in [0, 0.05) is 21.9 Å². The number of anilines is 2. The lowest BCUT2D eigenvalue weighted by atomic mass is 10.2. The van der Waals surface area contributed by atoms with Crippen molar-refractivity contribution in [2.75, 3.05) is 11.1 Å². The lowest BCUT2D eigenvalue weighted by Gasteiger charge is -2.05. The Labute approximate surface area is 111 Å². The molecule has 0 spiro atoms. The van der Waals surface area contributed by atoms with Crippen LogP contribution in [-0.4, -0.2) is 10.9 Å². The summed E-state index contributed by atoms with van der Waals surface area (Å²) in [6, 6.07) is 7.03. The van der Waals surface area contributed by atoms with Gasteiger partial charge >= 0.3 is 0 Å². The molecule has 1 aromatic heterocycles. The third-order valence-corrected chi connectivity index (χ3v) is 2.62. The molecule has 0 saturated carbocycles. The Morgan fingerprint density at radius 3 is 2.72 bits per heavy atom. The van der Waals surface area contributed by atoms with E-state index in [2.05, 4.69) is 26.2 Å². The van der Waals surface area contributed by atoms with Crippen molar-refractivity contribution in [2.45, 2.75) is 0 Å². The van der Waals surface area contributed by atoms with Crippen LogP contribution in [-0.2, 0) is 0 Å². The summed E-state index contributed by atoms with van der Waals surface area (Å²) < 4.78 is 13.9. The lowest BCUT2D eigenvalue weighted by Crippen LogP contribution is -2.13. The Morgan fingerprint density at radius 2 is 2.11 bits per heavy atom.